The number of aryl methyl sites for hydroxylation is 2. The summed E-state index contributed by atoms with van der Waals surface area (Å²) in [6, 6.07) is 0. The van der Waals surface area contributed by atoms with Gasteiger partial charge in [0.15, 0.2) is 5.65 Å². The van der Waals surface area contributed by atoms with Crippen LogP contribution < -0.4 is 0 Å². The van der Waals surface area contributed by atoms with E-state index in [0.717, 1.165) is 35.6 Å². The van der Waals surface area contributed by atoms with Gasteiger partial charge < -0.3 is 4.57 Å². The number of halogens is 1. The summed E-state index contributed by atoms with van der Waals surface area (Å²) in [5, 5.41) is 4.40. The summed E-state index contributed by atoms with van der Waals surface area (Å²) >= 11 is 7.94. The monoisotopic (exact) mass is 309 g/mol. The van der Waals surface area contributed by atoms with Crippen LogP contribution in [-0.4, -0.2) is 24.3 Å². The van der Waals surface area contributed by atoms with Crippen molar-refractivity contribution in [2.24, 2.45) is 7.05 Å². The first-order chi connectivity index (χ1) is 9.61. The summed E-state index contributed by atoms with van der Waals surface area (Å²) in [7, 11) is 1.95. The number of aromatic nitrogens is 5. The van der Waals surface area contributed by atoms with Gasteiger partial charge in [-0.25, -0.2) is 4.98 Å². The molecule has 3 aromatic heterocycles. The van der Waals surface area contributed by atoms with Crippen molar-refractivity contribution in [3.63, 3.8) is 0 Å². The van der Waals surface area contributed by atoms with E-state index < -0.39 is 0 Å². The third kappa shape index (κ3) is 2.13. The van der Waals surface area contributed by atoms with Crippen molar-refractivity contribution < 1.29 is 0 Å². The molecule has 0 aromatic carbocycles. The van der Waals surface area contributed by atoms with Crippen LogP contribution in [-0.2, 0) is 20.0 Å². The average molecular weight is 310 g/mol. The number of fused-ring (bicyclic) bond motifs is 1. The third-order valence-electron chi connectivity index (χ3n) is 3.31. The smallest absolute Gasteiger partial charge is 0.159 e. The van der Waals surface area contributed by atoms with Crippen LogP contribution >= 0.6 is 22.9 Å². The molecule has 0 aliphatic rings. The zero-order chi connectivity index (χ0) is 14.3. The molecule has 20 heavy (non-hydrogen) atoms. The van der Waals surface area contributed by atoms with Crippen LogP contribution in [0.15, 0.2) is 11.7 Å². The Hall–Kier alpha value is -1.40. The fraction of sp³-hybridized carbons (Fsp3) is 0.462. The molecule has 0 spiro atoms. The van der Waals surface area contributed by atoms with Crippen LogP contribution in [0.4, 0.5) is 0 Å². The van der Waals surface area contributed by atoms with Gasteiger partial charge in [-0.1, -0.05) is 6.92 Å². The summed E-state index contributed by atoms with van der Waals surface area (Å²) in [5.74, 6) is 0.887. The first kappa shape index (κ1) is 13.6. The minimum atomic E-state index is -0.139. The van der Waals surface area contributed by atoms with E-state index in [1.807, 2.05) is 30.4 Å². The van der Waals surface area contributed by atoms with E-state index in [1.165, 1.54) is 4.88 Å². The molecular weight excluding hydrogens is 294 g/mol. The van der Waals surface area contributed by atoms with Crippen LogP contribution in [0.1, 0.15) is 35.6 Å². The van der Waals surface area contributed by atoms with Crippen LogP contribution in [0, 0.1) is 0 Å². The summed E-state index contributed by atoms with van der Waals surface area (Å²) in [6.45, 7) is 4.77. The van der Waals surface area contributed by atoms with Crippen molar-refractivity contribution >= 4 is 34.1 Å². The largest absolute Gasteiger partial charge is 0.306 e. The van der Waals surface area contributed by atoms with Gasteiger partial charge in [0.2, 0.25) is 0 Å². The van der Waals surface area contributed by atoms with E-state index in [-0.39, 0.29) is 5.38 Å². The Labute approximate surface area is 126 Å². The predicted molar refractivity (Wildman–Crippen MR) is 81.4 cm³/mol. The van der Waals surface area contributed by atoms with Crippen molar-refractivity contribution in [3.05, 3.63) is 28.1 Å². The second-order valence-corrected chi connectivity index (χ2v) is 6.36. The predicted octanol–water partition coefficient (Wildman–Crippen LogP) is 3.14. The third-order valence-corrected chi connectivity index (χ3v) is 4.27. The van der Waals surface area contributed by atoms with Crippen molar-refractivity contribution in [2.45, 2.75) is 32.2 Å². The van der Waals surface area contributed by atoms with E-state index in [0.29, 0.717) is 0 Å². The van der Waals surface area contributed by atoms with Gasteiger partial charge in [0.05, 0.1) is 23.1 Å². The molecule has 106 valence electrons. The van der Waals surface area contributed by atoms with Crippen LogP contribution in [0.5, 0.6) is 0 Å². The second-order valence-electron chi connectivity index (χ2n) is 4.74. The molecule has 0 radical (unpaired) electrons. The van der Waals surface area contributed by atoms with Gasteiger partial charge in [-0.3, -0.25) is 9.67 Å². The van der Waals surface area contributed by atoms with E-state index >= 15 is 0 Å². The van der Waals surface area contributed by atoms with Gasteiger partial charge in [-0.05, 0) is 13.3 Å². The molecule has 5 nitrogen and oxygen atoms in total. The first-order valence-electron chi connectivity index (χ1n) is 6.55. The normalized spacial score (nSPS) is 13.2. The van der Waals surface area contributed by atoms with E-state index in [9.17, 15) is 0 Å². The van der Waals surface area contributed by atoms with Crippen molar-refractivity contribution in [2.75, 3.05) is 0 Å². The second kappa shape index (κ2) is 5.18. The number of nitrogens with zero attached hydrogens (tertiary/aromatic N) is 5. The van der Waals surface area contributed by atoms with Gasteiger partial charge in [0.25, 0.3) is 0 Å². The molecule has 3 heterocycles. The molecule has 0 aliphatic carbocycles. The van der Waals surface area contributed by atoms with E-state index in [2.05, 4.69) is 21.6 Å². The number of thiazole rings is 1. The van der Waals surface area contributed by atoms with Gasteiger partial charge in [-0.2, -0.15) is 5.10 Å². The highest BCUT2D eigenvalue weighted by Gasteiger charge is 2.21. The Morgan fingerprint density at radius 1 is 1.45 bits per heavy atom. The molecule has 0 aliphatic heterocycles. The highest BCUT2D eigenvalue weighted by Crippen LogP contribution is 2.27. The maximum absolute atomic E-state index is 6.30. The molecule has 0 fully saturated rings. The van der Waals surface area contributed by atoms with Gasteiger partial charge in [0.1, 0.15) is 11.3 Å². The molecule has 0 saturated carbocycles. The minimum absolute atomic E-state index is 0.139. The summed E-state index contributed by atoms with van der Waals surface area (Å²) in [6.07, 6.45) is 2.75. The maximum Gasteiger partial charge on any atom is 0.159 e. The standard InChI is InChI=1S/C13H16ClN5S/c1-4-10-11-13(18(3)17-10)19(12(16-11)8(2)14)6-9-5-15-7-20-9/h5,7-8H,4,6H2,1-3H3. The number of rotatable bonds is 4. The average Bonchev–Trinajstić information content (AvgIpc) is 3.08. The Morgan fingerprint density at radius 3 is 2.85 bits per heavy atom. The van der Waals surface area contributed by atoms with Gasteiger partial charge in [0, 0.05) is 18.1 Å². The molecule has 7 heteroatoms. The van der Waals surface area contributed by atoms with Gasteiger partial charge >= 0.3 is 0 Å². The highest BCUT2D eigenvalue weighted by molar-refractivity contribution is 7.09. The Balaban J connectivity index is 2.20. The summed E-state index contributed by atoms with van der Waals surface area (Å²) in [5.41, 5.74) is 4.84. The van der Waals surface area contributed by atoms with Crippen molar-refractivity contribution in [1.82, 2.24) is 24.3 Å². The van der Waals surface area contributed by atoms with Crippen molar-refractivity contribution in [3.8, 4) is 0 Å². The lowest BCUT2D eigenvalue weighted by Gasteiger charge is -2.09. The lowest BCUT2D eigenvalue weighted by atomic mass is 10.3. The molecule has 3 aromatic rings. The molecule has 1 unspecified atom stereocenters. The molecule has 3 rings (SSSR count). The minimum Gasteiger partial charge on any atom is -0.306 e. The number of hydrogen-bond donors (Lipinski definition) is 0. The van der Waals surface area contributed by atoms with E-state index in [4.69, 9.17) is 16.6 Å². The van der Waals surface area contributed by atoms with Crippen molar-refractivity contribution in [1.29, 1.82) is 0 Å². The molecule has 1 atom stereocenters. The zero-order valence-electron chi connectivity index (χ0n) is 11.7. The maximum atomic E-state index is 6.30. The first-order valence-corrected chi connectivity index (χ1v) is 7.86. The number of alkyl halides is 1. The SMILES string of the molecule is CCc1nn(C)c2c1nc(C(C)Cl)n2Cc1cncs1. The Kier molecular flexibility index (Phi) is 3.52. The van der Waals surface area contributed by atoms with E-state index in [1.54, 1.807) is 11.3 Å². The van der Waals surface area contributed by atoms with Gasteiger partial charge in [-0.15, -0.1) is 22.9 Å². The highest BCUT2D eigenvalue weighted by atomic mass is 35.5. The lowest BCUT2D eigenvalue weighted by molar-refractivity contribution is 0.686. The topological polar surface area (TPSA) is 48.5 Å². The fourth-order valence-electron chi connectivity index (χ4n) is 2.43. The summed E-state index contributed by atoms with van der Waals surface area (Å²) < 4.78 is 4.04. The van der Waals surface area contributed by atoms with Crippen LogP contribution in [0.3, 0.4) is 0 Å². The zero-order valence-corrected chi connectivity index (χ0v) is 13.2. The number of imidazole rings is 1. The molecule has 0 bridgehead atoms. The summed E-state index contributed by atoms with van der Waals surface area (Å²) in [4.78, 5) is 10.0. The molecule has 0 amide bonds. The number of hydrogen-bond acceptors (Lipinski definition) is 4. The quantitative estimate of drug-likeness (QED) is 0.696. The van der Waals surface area contributed by atoms with Crippen LogP contribution in [0.25, 0.3) is 11.2 Å². The fourth-order valence-corrected chi connectivity index (χ4v) is 3.18. The van der Waals surface area contributed by atoms with Crippen LogP contribution in [0.2, 0.25) is 0 Å². The lowest BCUT2D eigenvalue weighted by Crippen LogP contribution is -2.08. The molecular formula is C13H16ClN5S. The molecule has 0 N–H and O–H groups in total. The Morgan fingerprint density at radius 2 is 2.25 bits per heavy atom. The molecule has 0 saturated heterocycles. The Bertz CT molecular complexity index is 726.